The van der Waals surface area contributed by atoms with E-state index < -0.39 is 29.5 Å². The first kappa shape index (κ1) is 35.7. The fourth-order valence-corrected chi connectivity index (χ4v) is 8.63. The third kappa shape index (κ3) is 9.69. The highest BCUT2D eigenvalue weighted by atomic mass is 16.4. The van der Waals surface area contributed by atoms with Crippen molar-refractivity contribution < 1.29 is 25.2 Å². The molecule has 0 aromatic heterocycles. The summed E-state index contributed by atoms with van der Waals surface area (Å²) in [6.45, 7) is 6.68. The molecule has 0 unspecified atom stereocenters. The Hall–Kier alpha value is -2.13. The number of aliphatic hydroxyl groups is 3. The van der Waals surface area contributed by atoms with Crippen LogP contribution in [-0.2, 0) is 4.79 Å². The lowest BCUT2D eigenvalue weighted by Crippen LogP contribution is -2.44. The zero-order valence-corrected chi connectivity index (χ0v) is 27.7. The van der Waals surface area contributed by atoms with Crippen LogP contribution < -0.4 is 16.4 Å². The predicted molar refractivity (Wildman–Crippen MR) is 180 cm³/mol. The van der Waals surface area contributed by atoms with Crippen molar-refractivity contribution in [3.63, 3.8) is 0 Å². The maximum Gasteiger partial charge on any atom is 0.309 e. The van der Waals surface area contributed by atoms with Gasteiger partial charge in [0.1, 0.15) is 0 Å². The van der Waals surface area contributed by atoms with Crippen molar-refractivity contribution >= 4 is 5.97 Å². The molecule has 0 spiro atoms. The molecule has 8 heteroatoms. The Morgan fingerprint density at radius 1 is 1.09 bits per heavy atom. The Labute approximate surface area is 271 Å². The summed E-state index contributed by atoms with van der Waals surface area (Å²) in [5, 5.41) is 50.7. The summed E-state index contributed by atoms with van der Waals surface area (Å²) in [7, 11) is 0. The molecule has 1 aliphatic heterocycles. The van der Waals surface area contributed by atoms with Gasteiger partial charge in [-0.05, 0) is 87.4 Å². The number of carboxylic acids is 1. The van der Waals surface area contributed by atoms with Gasteiger partial charge in [-0.1, -0.05) is 82.8 Å². The molecule has 8 N–H and O–H groups in total. The number of aliphatic hydroxyl groups excluding tert-OH is 2. The van der Waals surface area contributed by atoms with Gasteiger partial charge in [-0.15, -0.1) is 0 Å². The lowest BCUT2D eigenvalue weighted by Gasteiger charge is -2.39. The van der Waals surface area contributed by atoms with Gasteiger partial charge in [-0.2, -0.15) is 0 Å². The first-order valence-corrected chi connectivity index (χ1v) is 17.9. The number of allylic oxidation sites excluding steroid dienone is 3. The van der Waals surface area contributed by atoms with Crippen LogP contribution in [-0.4, -0.2) is 63.8 Å². The monoisotopic (exact) mass is 627 g/mol. The van der Waals surface area contributed by atoms with E-state index in [4.69, 9.17) is 5.73 Å². The molecule has 1 fully saturated rings. The number of rotatable bonds is 18. The Kier molecular flexibility index (Phi) is 13.6. The Morgan fingerprint density at radius 2 is 1.89 bits per heavy atom. The molecule has 10 atom stereocenters. The number of carbonyl (C=O) groups is 1. The summed E-state index contributed by atoms with van der Waals surface area (Å²) < 4.78 is 0. The van der Waals surface area contributed by atoms with E-state index in [9.17, 15) is 25.2 Å². The van der Waals surface area contributed by atoms with Crippen LogP contribution in [0.2, 0.25) is 0 Å². The van der Waals surface area contributed by atoms with Gasteiger partial charge < -0.3 is 36.8 Å². The maximum absolute atomic E-state index is 12.3. The van der Waals surface area contributed by atoms with Crippen LogP contribution in [0.15, 0.2) is 47.9 Å². The van der Waals surface area contributed by atoms with Gasteiger partial charge in [-0.3, -0.25) is 4.79 Å². The van der Waals surface area contributed by atoms with E-state index in [1.807, 2.05) is 12.2 Å². The topological polar surface area (TPSA) is 148 Å². The Balaban J connectivity index is 1.29. The summed E-state index contributed by atoms with van der Waals surface area (Å²) in [5.74, 6) is -0.446. The van der Waals surface area contributed by atoms with Crippen LogP contribution >= 0.6 is 0 Å². The zero-order valence-electron chi connectivity index (χ0n) is 27.7. The minimum absolute atomic E-state index is 0.0471. The molecule has 45 heavy (non-hydrogen) atoms. The molecule has 0 saturated heterocycles. The average molecular weight is 628 g/mol. The van der Waals surface area contributed by atoms with Gasteiger partial charge >= 0.3 is 5.97 Å². The first-order chi connectivity index (χ1) is 21.6. The van der Waals surface area contributed by atoms with Crippen LogP contribution in [0, 0.1) is 41.4 Å². The van der Waals surface area contributed by atoms with E-state index in [0.29, 0.717) is 37.5 Å². The average Bonchev–Trinajstić information content (AvgIpc) is 3.28. The van der Waals surface area contributed by atoms with E-state index in [-0.39, 0.29) is 29.8 Å². The summed E-state index contributed by atoms with van der Waals surface area (Å²) in [6, 6.07) is 0. The fraction of sp³-hybridized carbons (Fsp3) is 0.757. The SMILES string of the molecule is CCCCC[C@@H]1C=C[C@@H](CCCCC[C@H](C(=O)O)[C@H](O)[C@@H]2C=C[C@H]3[C@H](CC4=CCNC(N)=C4)[C@@H](CNCC)C[C@]3(O)C2)[C@H](O)C1. The van der Waals surface area contributed by atoms with Crippen LogP contribution in [0.25, 0.3) is 0 Å². The molecule has 1 heterocycles. The number of hydrogen-bond acceptors (Lipinski definition) is 7. The minimum atomic E-state index is -1.04. The van der Waals surface area contributed by atoms with Crippen LogP contribution in [0.5, 0.6) is 0 Å². The molecule has 3 aliphatic carbocycles. The normalized spacial score (nSPS) is 34.0. The molecule has 0 amide bonds. The molecule has 0 aromatic rings. The van der Waals surface area contributed by atoms with Gasteiger partial charge in [0.15, 0.2) is 0 Å². The Morgan fingerprint density at radius 3 is 2.60 bits per heavy atom. The minimum Gasteiger partial charge on any atom is -0.481 e. The maximum atomic E-state index is 12.3. The lowest BCUT2D eigenvalue weighted by atomic mass is 9.70. The lowest BCUT2D eigenvalue weighted by molar-refractivity contribution is -0.148. The second kappa shape index (κ2) is 17.1. The molecule has 254 valence electrons. The van der Waals surface area contributed by atoms with Gasteiger partial charge in [0, 0.05) is 24.3 Å². The van der Waals surface area contributed by atoms with E-state index in [2.05, 4.69) is 48.8 Å². The number of carboxylic acid groups (broad SMARTS) is 1. The molecular weight excluding hydrogens is 566 g/mol. The standard InChI is InChI=1S/C37H61N3O5/c1-3-5-7-10-25-13-14-27(33(41)20-25)11-8-6-9-12-30(36(43)44)35(42)28-15-16-32-31(19-26-17-18-40-34(38)21-26)29(24-39-4-2)23-37(32,45)22-28/h13-17,21,25,27-33,35,39-42,45H,3-12,18-20,22-24,38H2,1-2H3,(H,43,44)/t25-,27-,28-,29-,30+,31-,32+,33-,35-,37-/m1/s1. The predicted octanol–water partition coefficient (Wildman–Crippen LogP) is 5.02. The van der Waals surface area contributed by atoms with Crippen molar-refractivity contribution in [3.05, 3.63) is 47.9 Å². The number of fused-ring (bicyclic) bond motifs is 1. The molecule has 1 saturated carbocycles. The van der Waals surface area contributed by atoms with E-state index in [1.54, 1.807) is 0 Å². The number of hydrogen-bond donors (Lipinski definition) is 7. The second-order valence-corrected chi connectivity index (χ2v) is 14.5. The summed E-state index contributed by atoms with van der Waals surface area (Å²) in [4.78, 5) is 12.3. The largest absolute Gasteiger partial charge is 0.481 e. The second-order valence-electron chi connectivity index (χ2n) is 14.5. The van der Waals surface area contributed by atoms with E-state index >= 15 is 0 Å². The van der Waals surface area contributed by atoms with Crippen LogP contribution in [0.4, 0.5) is 0 Å². The molecule has 4 rings (SSSR count). The van der Waals surface area contributed by atoms with Gasteiger partial charge in [0.05, 0.1) is 29.5 Å². The molecular formula is C37H61N3O5. The van der Waals surface area contributed by atoms with Crippen molar-refractivity contribution in [2.45, 2.75) is 115 Å². The molecule has 0 bridgehead atoms. The van der Waals surface area contributed by atoms with Crippen molar-refractivity contribution in [2.24, 2.45) is 47.2 Å². The summed E-state index contributed by atoms with van der Waals surface area (Å²) in [6.07, 6.45) is 22.7. The zero-order chi connectivity index (χ0) is 32.4. The number of dihydropyridines is 1. The number of unbranched alkanes of at least 4 members (excludes halogenated alkanes) is 4. The number of nitrogens with one attached hydrogen (secondary N) is 2. The van der Waals surface area contributed by atoms with Gasteiger partial charge in [0.25, 0.3) is 0 Å². The van der Waals surface area contributed by atoms with E-state index in [0.717, 1.165) is 58.0 Å². The van der Waals surface area contributed by atoms with Crippen molar-refractivity contribution in [1.82, 2.24) is 10.6 Å². The fourth-order valence-electron chi connectivity index (χ4n) is 8.63. The molecule has 4 aliphatic rings. The highest BCUT2D eigenvalue weighted by molar-refractivity contribution is 5.70. The van der Waals surface area contributed by atoms with Crippen molar-refractivity contribution in [2.75, 3.05) is 19.6 Å². The molecule has 0 aromatic carbocycles. The van der Waals surface area contributed by atoms with Gasteiger partial charge in [-0.25, -0.2) is 0 Å². The third-order valence-electron chi connectivity index (χ3n) is 11.2. The van der Waals surface area contributed by atoms with Crippen LogP contribution in [0.3, 0.4) is 0 Å². The van der Waals surface area contributed by atoms with Crippen LogP contribution in [0.1, 0.15) is 97.3 Å². The summed E-state index contributed by atoms with van der Waals surface area (Å²) >= 11 is 0. The molecule has 0 radical (unpaired) electrons. The first-order valence-electron chi connectivity index (χ1n) is 17.9. The van der Waals surface area contributed by atoms with Crippen molar-refractivity contribution in [1.29, 1.82) is 0 Å². The molecule has 8 nitrogen and oxygen atoms in total. The number of aliphatic carboxylic acids is 1. The smallest absolute Gasteiger partial charge is 0.309 e. The van der Waals surface area contributed by atoms with Gasteiger partial charge in [0.2, 0.25) is 0 Å². The highest BCUT2D eigenvalue weighted by Gasteiger charge is 2.54. The highest BCUT2D eigenvalue weighted by Crippen LogP contribution is 2.53. The quantitative estimate of drug-likeness (QED) is 0.0828. The number of nitrogens with two attached hydrogens (primary N) is 1. The third-order valence-corrected chi connectivity index (χ3v) is 11.2. The van der Waals surface area contributed by atoms with E-state index in [1.165, 1.54) is 24.8 Å². The Bertz CT molecular complexity index is 1070. The summed E-state index contributed by atoms with van der Waals surface area (Å²) in [5.41, 5.74) is 6.25. The van der Waals surface area contributed by atoms with Crippen molar-refractivity contribution in [3.8, 4) is 0 Å².